The van der Waals surface area contributed by atoms with Gasteiger partial charge in [-0.15, -0.1) is 0 Å². The minimum Gasteiger partial charge on any atom is -0.497 e. The van der Waals surface area contributed by atoms with Gasteiger partial charge in [-0.1, -0.05) is 12.1 Å². The number of amides is 1. The fourth-order valence-corrected chi connectivity index (χ4v) is 3.09. The number of carbonyl (C=O) groups is 1. The average Bonchev–Trinajstić information content (AvgIpc) is 3.13. The van der Waals surface area contributed by atoms with E-state index in [0.717, 1.165) is 33.8 Å². The van der Waals surface area contributed by atoms with Crippen molar-refractivity contribution in [3.63, 3.8) is 0 Å². The minimum atomic E-state index is -0.155. The third-order valence-corrected chi connectivity index (χ3v) is 4.70. The Morgan fingerprint density at radius 1 is 1.11 bits per heavy atom. The van der Waals surface area contributed by atoms with Gasteiger partial charge >= 0.3 is 0 Å². The van der Waals surface area contributed by atoms with E-state index in [9.17, 15) is 4.79 Å². The number of carbonyl (C=O) groups excluding carboxylic acids is 1. The van der Waals surface area contributed by atoms with Gasteiger partial charge in [-0.05, 0) is 55.3 Å². The molecular weight excluding hydrogens is 352 g/mol. The van der Waals surface area contributed by atoms with Gasteiger partial charge in [-0.3, -0.25) is 9.20 Å². The Bertz CT molecular complexity index is 1150. The molecule has 0 spiro atoms. The van der Waals surface area contributed by atoms with Gasteiger partial charge in [0.2, 0.25) is 5.78 Å². The number of nitrogens with zero attached hydrogens (tertiary/aromatic N) is 3. The quantitative estimate of drug-likeness (QED) is 0.581. The molecule has 2 aromatic carbocycles. The van der Waals surface area contributed by atoms with Gasteiger partial charge in [-0.25, -0.2) is 9.97 Å². The SMILES string of the molecule is COc1ccc(C(=O)Nc2cc(-c3cn4cccnc4n3)ccc2C)c(C)c1. The first-order valence-electron chi connectivity index (χ1n) is 8.92. The molecule has 28 heavy (non-hydrogen) atoms. The van der Waals surface area contributed by atoms with Gasteiger partial charge in [0.25, 0.3) is 5.91 Å². The standard InChI is InChI=1S/C22H20N4O2/c1-14-5-6-16(20-13-26-10-4-9-23-22(26)25-20)12-19(14)24-21(27)18-8-7-17(28-3)11-15(18)2/h4-13H,1-3H3,(H,24,27). The predicted molar refractivity (Wildman–Crippen MR) is 109 cm³/mol. The molecule has 0 fully saturated rings. The summed E-state index contributed by atoms with van der Waals surface area (Å²) < 4.78 is 7.08. The fraction of sp³-hybridized carbons (Fsp3) is 0.136. The molecule has 4 rings (SSSR count). The summed E-state index contributed by atoms with van der Waals surface area (Å²) in [6.07, 6.45) is 5.54. The zero-order valence-corrected chi connectivity index (χ0v) is 15.9. The number of anilines is 1. The van der Waals surface area contributed by atoms with Crippen LogP contribution in [0.25, 0.3) is 17.0 Å². The lowest BCUT2D eigenvalue weighted by atomic mass is 10.1. The zero-order valence-electron chi connectivity index (χ0n) is 15.9. The third-order valence-electron chi connectivity index (χ3n) is 4.70. The molecule has 4 aromatic rings. The molecule has 0 bridgehead atoms. The molecule has 6 heteroatoms. The monoisotopic (exact) mass is 372 g/mol. The maximum Gasteiger partial charge on any atom is 0.255 e. The van der Waals surface area contributed by atoms with Crippen LogP contribution in [0.4, 0.5) is 5.69 Å². The highest BCUT2D eigenvalue weighted by Gasteiger charge is 2.13. The number of nitrogens with one attached hydrogen (secondary N) is 1. The van der Waals surface area contributed by atoms with Gasteiger partial charge in [0.05, 0.1) is 12.8 Å². The highest BCUT2D eigenvalue weighted by Crippen LogP contribution is 2.26. The number of aromatic nitrogens is 3. The molecule has 0 atom stereocenters. The molecular formula is C22H20N4O2. The lowest BCUT2D eigenvalue weighted by Gasteiger charge is -2.12. The summed E-state index contributed by atoms with van der Waals surface area (Å²) in [7, 11) is 1.61. The molecule has 0 aliphatic carbocycles. The largest absolute Gasteiger partial charge is 0.497 e. The minimum absolute atomic E-state index is 0.155. The van der Waals surface area contributed by atoms with Crippen LogP contribution in [-0.2, 0) is 0 Å². The Balaban J connectivity index is 1.65. The van der Waals surface area contributed by atoms with Crippen LogP contribution in [-0.4, -0.2) is 27.4 Å². The van der Waals surface area contributed by atoms with E-state index in [0.29, 0.717) is 11.3 Å². The van der Waals surface area contributed by atoms with E-state index in [-0.39, 0.29) is 5.91 Å². The molecule has 0 aliphatic heterocycles. The first-order valence-corrected chi connectivity index (χ1v) is 8.92. The average molecular weight is 372 g/mol. The smallest absolute Gasteiger partial charge is 0.255 e. The molecule has 0 aliphatic rings. The van der Waals surface area contributed by atoms with E-state index >= 15 is 0 Å². The molecule has 0 unspecified atom stereocenters. The van der Waals surface area contributed by atoms with Gasteiger partial charge in [-0.2, -0.15) is 0 Å². The Kier molecular flexibility index (Phi) is 4.53. The van der Waals surface area contributed by atoms with Crippen LogP contribution >= 0.6 is 0 Å². The molecule has 0 saturated heterocycles. The van der Waals surface area contributed by atoms with E-state index < -0.39 is 0 Å². The number of methoxy groups -OCH3 is 1. The summed E-state index contributed by atoms with van der Waals surface area (Å²) in [4.78, 5) is 21.6. The van der Waals surface area contributed by atoms with E-state index in [1.54, 1.807) is 25.4 Å². The van der Waals surface area contributed by atoms with Crippen molar-refractivity contribution >= 4 is 17.4 Å². The Hall–Kier alpha value is -3.67. The van der Waals surface area contributed by atoms with Crippen molar-refractivity contribution in [3.05, 3.63) is 77.7 Å². The van der Waals surface area contributed by atoms with Crippen molar-refractivity contribution in [2.24, 2.45) is 0 Å². The summed E-state index contributed by atoms with van der Waals surface area (Å²) in [5.74, 6) is 1.21. The lowest BCUT2D eigenvalue weighted by Crippen LogP contribution is -2.14. The van der Waals surface area contributed by atoms with Gasteiger partial charge in [0, 0.05) is 35.4 Å². The summed E-state index contributed by atoms with van der Waals surface area (Å²) >= 11 is 0. The lowest BCUT2D eigenvalue weighted by molar-refractivity contribution is 0.102. The molecule has 6 nitrogen and oxygen atoms in total. The molecule has 1 N–H and O–H groups in total. The fourth-order valence-electron chi connectivity index (χ4n) is 3.09. The maximum absolute atomic E-state index is 12.8. The van der Waals surface area contributed by atoms with Crippen molar-refractivity contribution in [1.82, 2.24) is 14.4 Å². The zero-order chi connectivity index (χ0) is 19.7. The van der Waals surface area contributed by atoms with Crippen LogP contribution < -0.4 is 10.1 Å². The Morgan fingerprint density at radius 2 is 1.96 bits per heavy atom. The first kappa shape index (κ1) is 17.7. The maximum atomic E-state index is 12.8. The molecule has 0 saturated carbocycles. The molecule has 1 amide bonds. The van der Waals surface area contributed by atoms with Gasteiger partial charge < -0.3 is 10.1 Å². The van der Waals surface area contributed by atoms with Crippen molar-refractivity contribution in [1.29, 1.82) is 0 Å². The normalized spacial score (nSPS) is 10.8. The van der Waals surface area contributed by atoms with Crippen molar-refractivity contribution in [3.8, 4) is 17.0 Å². The van der Waals surface area contributed by atoms with Crippen LogP contribution in [0.15, 0.2) is 61.1 Å². The second-order valence-corrected chi connectivity index (χ2v) is 6.62. The Morgan fingerprint density at radius 3 is 2.71 bits per heavy atom. The number of rotatable bonds is 4. The highest BCUT2D eigenvalue weighted by molar-refractivity contribution is 6.06. The summed E-state index contributed by atoms with van der Waals surface area (Å²) in [5.41, 5.74) is 4.92. The number of ether oxygens (including phenoxy) is 1. The molecule has 2 aromatic heterocycles. The number of hydrogen-bond donors (Lipinski definition) is 1. The van der Waals surface area contributed by atoms with Crippen molar-refractivity contribution < 1.29 is 9.53 Å². The second-order valence-electron chi connectivity index (χ2n) is 6.62. The predicted octanol–water partition coefficient (Wildman–Crippen LogP) is 4.27. The number of imidazole rings is 1. The van der Waals surface area contributed by atoms with Crippen molar-refractivity contribution in [2.45, 2.75) is 13.8 Å². The van der Waals surface area contributed by atoms with Crippen LogP contribution in [0.2, 0.25) is 0 Å². The topological polar surface area (TPSA) is 68.5 Å². The molecule has 2 heterocycles. The van der Waals surface area contributed by atoms with Crippen LogP contribution in [0.3, 0.4) is 0 Å². The van der Waals surface area contributed by atoms with E-state index in [4.69, 9.17) is 4.74 Å². The van der Waals surface area contributed by atoms with Gasteiger partial charge in [0.15, 0.2) is 0 Å². The number of benzene rings is 2. The van der Waals surface area contributed by atoms with Crippen LogP contribution in [0.5, 0.6) is 5.75 Å². The van der Waals surface area contributed by atoms with Crippen LogP contribution in [0, 0.1) is 13.8 Å². The van der Waals surface area contributed by atoms with E-state index in [1.807, 2.05) is 61.0 Å². The number of hydrogen-bond acceptors (Lipinski definition) is 4. The Labute approximate surface area is 162 Å². The summed E-state index contributed by atoms with van der Waals surface area (Å²) in [5, 5.41) is 3.02. The second kappa shape index (κ2) is 7.15. The third kappa shape index (κ3) is 3.32. The van der Waals surface area contributed by atoms with E-state index in [1.165, 1.54) is 0 Å². The van der Waals surface area contributed by atoms with Crippen LogP contribution in [0.1, 0.15) is 21.5 Å². The first-order chi connectivity index (χ1) is 13.5. The number of aryl methyl sites for hydroxylation is 2. The van der Waals surface area contributed by atoms with Crippen molar-refractivity contribution in [2.75, 3.05) is 12.4 Å². The molecule has 140 valence electrons. The molecule has 0 radical (unpaired) electrons. The van der Waals surface area contributed by atoms with Gasteiger partial charge in [0.1, 0.15) is 5.75 Å². The summed E-state index contributed by atoms with van der Waals surface area (Å²) in [6, 6.07) is 13.2. The highest BCUT2D eigenvalue weighted by atomic mass is 16.5. The number of fused-ring (bicyclic) bond motifs is 1. The summed E-state index contributed by atoms with van der Waals surface area (Å²) in [6.45, 7) is 3.86. The van der Waals surface area contributed by atoms with E-state index in [2.05, 4.69) is 15.3 Å².